The summed E-state index contributed by atoms with van der Waals surface area (Å²) in [5, 5.41) is 18.6. The minimum Gasteiger partial charge on any atom is -0.508 e. The number of aromatic hydroxyl groups is 1. The van der Waals surface area contributed by atoms with E-state index in [1.165, 1.54) is 0 Å². The molecule has 3 rings (SSSR count). The average Bonchev–Trinajstić information content (AvgIpc) is 2.74. The lowest BCUT2D eigenvalue weighted by Gasteiger charge is -2.17. The van der Waals surface area contributed by atoms with Crippen molar-refractivity contribution in [2.24, 2.45) is 0 Å². The van der Waals surface area contributed by atoms with Gasteiger partial charge in [0.05, 0.1) is 6.61 Å². The third-order valence-electron chi connectivity index (χ3n) is 4.43. The topological polar surface area (TPSA) is 49.7 Å². The molecule has 3 nitrogen and oxygen atoms in total. The summed E-state index contributed by atoms with van der Waals surface area (Å²) in [7, 11) is 0. The normalized spacial score (nSPS) is 11.8. The maximum Gasteiger partial charge on any atom is 0.119 e. The lowest BCUT2D eigenvalue weighted by atomic mass is 9.88. The quantitative estimate of drug-likeness (QED) is 0.400. The van der Waals surface area contributed by atoms with Crippen molar-refractivity contribution in [1.29, 1.82) is 0 Å². The minimum absolute atomic E-state index is 0.0196. The van der Waals surface area contributed by atoms with Crippen LogP contribution in [0, 0.1) is 0 Å². The number of alkyl halides is 1. The molecule has 0 bridgehead atoms. The molecular weight excluding hydrogens is 372 g/mol. The Morgan fingerprint density at radius 2 is 1.39 bits per heavy atom. The van der Waals surface area contributed by atoms with Crippen LogP contribution in [0.2, 0.25) is 0 Å². The Hall–Kier alpha value is -2.75. The first-order chi connectivity index (χ1) is 13.7. The molecule has 0 spiro atoms. The summed E-state index contributed by atoms with van der Waals surface area (Å²) < 4.78 is 5.48. The SMILES string of the molecule is OCCOc1ccc(/C(=C(\CCCl)c2ccccc2)c2ccc(O)cc2)cc1. The third-order valence-corrected chi connectivity index (χ3v) is 4.62. The number of halogens is 1. The van der Waals surface area contributed by atoms with Crippen LogP contribution in [0.15, 0.2) is 78.9 Å². The largest absolute Gasteiger partial charge is 0.508 e. The molecule has 0 heterocycles. The monoisotopic (exact) mass is 394 g/mol. The Morgan fingerprint density at radius 3 is 1.96 bits per heavy atom. The number of phenols is 1. The number of aliphatic hydroxyl groups is 1. The van der Waals surface area contributed by atoms with E-state index in [0.717, 1.165) is 27.8 Å². The summed E-state index contributed by atoms with van der Waals surface area (Å²) >= 11 is 6.15. The molecule has 28 heavy (non-hydrogen) atoms. The number of aliphatic hydroxyl groups excluding tert-OH is 1. The molecule has 4 heteroatoms. The van der Waals surface area contributed by atoms with Crippen LogP contribution in [0.1, 0.15) is 23.1 Å². The molecule has 0 aromatic heterocycles. The average molecular weight is 395 g/mol. The van der Waals surface area contributed by atoms with E-state index in [4.69, 9.17) is 21.4 Å². The first-order valence-corrected chi connectivity index (χ1v) is 9.74. The zero-order valence-electron chi connectivity index (χ0n) is 15.5. The second-order valence-electron chi connectivity index (χ2n) is 6.30. The predicted octanol–water partition coefficient (Wildman–Crippen LogP) is 5.35. The maximum atomic E-state index is 9.71. The van der Waals surface area contributed by atoms with E-state index in [1.54, 1.807) is 12.1 Å². The maximum absolute atomic E-state index is 9.71. The van der Waals surface area contributed by atoms with Gasteiger partial charge in [-0.1, -0.05) is 54.6 Å². The van der Waals surface area contributed by atoms with Crippen molar-refractivity contribution in [3.63, 3.8) is 0 Å². The third kappa shape index (κ3) is 4.94. The predicted molar refractivity (Wildman–Crippen MR) is 115 cm³/mol. The second-order valence-corrected chi connectivity index (χ2v) is 6.68. The molecule has 0 radical (unpaired) electrons. The number of benzene rings is 3. The van der Waals surface area contributed by atoms with E-state index in [9.17, 15) is 5.11 Å². The molecular formula is C24H23ClO3. The minimum atomic E-state index is -0.0196. The highest BCUT2D eigenvalue weighted by atomic mass is 35.5. The van der Waals surface area contributed by atoms with Gasteiger partial charge in [0, 0.05) is 5.88 Å². The van der Waals surface area contributed by atoms with Crippen molar-refractivity contribution in [1.82, 2.24) is 0 Å². The lowest BCUT2D eigenvalue weighted by Crippen LogP contribution is -2.01. The summed E-state index contributed by atoms with van der Waals surface area (Å²) in [5.74, 6) is 1.44. The fourth-order valence-corrected chi connectivity index (χ4v) is 3.36. The van der Waals surface area contributed by atoms with Crippen LogP contribution in [0.3, 0.4) is 0 Å². The Labute approximate surface area is 170 Å². The molecule has 0 aliphatic rings. The van der Waals surface area contributed by atoms with Crippen LogP contribution < -0.4 is 4.74 Å². The Balaban J connectivity index is 2.15. The molecule has 0 fully saturated rings. The van der Waals surface area contributed by atoms with Gasteiger partial charge < -0.3 is 14.9 Å². The van der Waals surface area contributed by atoms with E-state index in [-0.39, 0.29) is 19.0 Å². The molecule has 0 aliphatic heterocycles. The van der Waals surface area contributed by atoms with Gasteiger partial charge in [0.25, 0.3) is 0 Å². The highest BCUT2D eigenvalue weighted by Gasteiger charge is 2.14. The summed E-state index contributed by atoms with van der Waals surface area (Å²) in [6.45, 7) is 0.246. The fourth-order valence-electron chi connectivity index (χ4n) is 3.17. The van der Waals surface area contributed by atoms with E-state index in [2.05, 4.69) is 12.1 Å². The molecule has 3 aromatic carbocycles. The van der Waals surface area contributed by atoms with Gasteiger partial charge in [-0.25, -0.2) is 0 Å². The zero-order chi connectivity index (χ0) is 19.8. The van der Waals surface area contributed by atoms with Gasteiger partial charge in [-0.2, -0.15) is 0 Å². The van der Waals surface area contributed by atoms with Crippen LogP contribution in [-0.2, 0) is 0 Å². The second kappa shape index (κ2) is 9.98. The first-order valence-electron chi connectivity index (χ1n) is 9.21. The van der Waals surface area contributed by atoms with Crippen LogP contribution in [-0.4, -0.2) is 29.3 Å². The Morgan fingerprint density at radius 1 is 0.786 bits per heavy atom. The van der Waals surface area contributed by atoms with E-state index in [1.807, 2.05) is 54.6 Å². The van der Waals surface area contributed by atoms with Crippen molar-refractivity contribution in [3.8, 4) is 11.5 Å². The molecule has 0 saturated carbocycles. The molecule has 0 saturated heterocycles. The Bertz CT molecular complexity index is 901. The van der Waals surface area contributed by atoms with Crippen LogP contribution >= 0.6 is 11.6 Å². The summed E-state index contributed by atoms with van der Waals surface area (Å²) in [4.78, 5) is 0. The van der Waals surface area contributed by atoms with Crippen LogP contribution in [0.4, 0.5) is 0 Å². The van der Waals surface area contributed by atoms with Crippen molar-refractivity contribution in [2.75, 3.05) is 19.1 Å². The lowest BCUT2D eigenvalue weighted by molar-refractivity contribution is 0.201. The molecule has 2 N–H and O–H groups in total. The molecule has 3 aromatic rings. The van der Waals surface area contributed by atoms with Gasteiger partial charge in [0.1, 0.15) is 18.1 Å². The summed E-state index contributed by atoms with van der Waals surface area (Å²) in [6, 6.07) is 25.2. The van der Waals surface area contributed by atoms with Gasteiger partial charge in [-0.3, -0.25) is 0 Å². The molecule has 0 unspecified atom stereocenters. The van der Waals surface area contributed by atoms with Gasteiger partial charge in [0.2, 0.25) is 0 Å². The first kappa shape index (κ1) is 20.0. The molecule has 0 aliphatic carbocycles. The van der Waals surface area contributed by atoms with Gasteiger partial charge >= 0.3 is 0 Å². The van der Waals surface area contributed by atoms with E-state index < -0.39 is 0 Å². The van der Waals surface area contributed by atoms with Crippen molar-refractivity contribution in [2.45, 2.75) is 6.42 Å². The van der Waals surface area contributed by atoms with Crippen LogP contribution in [0.5, 0.6) is 11.5 Å². The number of hydrogen-bond acceptors (Lipinski definition) is 3. The standard InChI is InChI=1S/C24H23ClO3/c25-15-14-23(18-4-2-1-3-5-18)24(19-6-10-21(27)11-7-19)20-8-12-22(13-9-20)28-17-16-26/h1-13,26-27H,14-17H2/b24-23+. The highest BCUT2D eigenvalue weighted by molar-refractivity contribution is 6.18. The van der Waals surface area contributed by atoms with Gasteiger partial charge in [-0.05, 0) is 58.5 Å². The molecule has 0 amide bonds. The summed E-state index contributed by atoms with van der Waals surface area (Å²) in [5.41, 5.74) is 5.37. The van der Waals surface area contributed by atoms with E-state index >= 15 is 0 Å². The number of phenolic OH excluding ortho intramolecular Hbond substituents is 1. The van der Waals surface area contributed by atoms with Gasteiger partial charge in [0.15, 0.2) is 0 Å². The van der Waals surface area contributed by atoms with E-state index in [0.29, 0.717) is 18.1 Å². The number of rotatable bonds is 8. The highest BCUT2D eigenvalue weighted by Crippen LogP contribution is 2.35. The molecule has 144 valence electrons. The van der Waals surface area contributed by atoms with Gasteiger partial charge in [-0.15, -0.1) is 11.6 Å². The number of hydrogen-bond donors (Lipinski definition) is 2. The molecule has 0 atom stereocenters. The smallest absolute Gasteiger partial charge is 0.119 e. The van der Waals surface area contributed by atoms with Crippen molar-refractivity contribution >= 4 is 22.7 Å². The Kier molecular flexibility index (Phi) is 7.12. The van der Waals surface area contributed by atoms with Crippen molar-refractivity contribution < 1.29 is 14.9 Å². The number of ether oxygens (including phenoxy) is 1. The fraction of sp³-hybridized carbons (Fsp3) is 0.167. The number of allylic oxidation sites excluding steroid dienone is 1. The summed E-state index contributed by atoms with van der Waals surface area (Å²) in [6.07, 6.45) is 0.713. The van der Waals surface area contributed by atoms with Crippen molar-refractivity contribution in [3.05, 3.63) is 95.6 Å². The zero-order valence-corrected chi connectivity index (χ0v) is 16.3. The van der Waals surface area contributed by atoms with Crippen LogP contribution in [0.25, 0.3) is 11.1 Å².